The van der Waals surface area contributed by atoms with Crippen molar-refractivity contribution in [2.24, 2.45) is 5.41 Å². The lowest BCUT2D eigenvalue weighted by molar-refractivity contribution is -0.124. The van der Waals surface area contributed by atoms with Crippen molar-refractivity contribution in [3.8, 4) is 0 Å². The van der Waals surface area contributed by atoms with Crippen molar-refractivity contribution in [2.45, 2.75) is 27.2 Å². The van der Waals surface area contributed by atoms with Gasteiger partial charge in [-0.3, -0.25) is 4.79 Å². The molecule has 1 amide bonds. The van der Waals surface area contributed by atoms with E-state index >= 15 is 0 Å². The molecule has 1 aliphatic rings. The van der Waals surface area contributed by atoms with Gasteiger partial charge in [0.1, 0.15) is 0 Å². The molecule has 0 aromatic heterocycles. The third-order valence-corrected chi connectivity index (χ3v) is 3.42. The SMILES string of the molecule is CCC1(C)CNc2ccc(C)cc2NC1=O. The number of hydrogen-bond acceptors (Lipinski definition) is 2. The Morgan fingerprint density at radius 2 is 2.12 bits per heavy atom. The molecule has 2 N–H and O–H groups in total. The molecule has 1 aromatic rings. The number of anilines is 2. The first-order valence-electron chi connectivity index (χ1n) is 5.71. The van der Waals surface area contributed by atoms with E-state index in [1.807, 2.05) is 39.0 Å². The normalized spacial score (nSPS) is 24.1. The first-order valence-corrected chi connectivity index (χ1v) is 5.71. The Morgan fingerprint density at radius 1 is 1.38 bits per heavy atom. The van der Waals surface area contributed by atoms with Crippen LogP contribution in [0, 0.1) is 12.3 Å². The fourth-order valence-electron chi connectivity index (χ4n) is 1.85. The Hall–Kier alpha value is -1.51. The fourth-order valence-corrected chi connectivity index (χ4v) is 1.85. The molecule has 3 heteroatoms. The smallest absolute Gasteiger partial charge is 0.232 e. The van der Waals surface area contributed by atoms with Crippen LogP contribution in [0.3, 0.4) is 0 Å². The van der Waals surface area contributed by atoms with Crippen molar-refractivity contribution >= 4 is 17.3 Å². The van der Waals surface area contributed by atoms with Gasteiger partial charge in [0, 0.05) is 6.54 Å². The number of benzene rings is 1. The summed E-state index contributed by atoms with van der Waals surface area (Å²) in [5.41, 5.74) is 2.73. The molecule has 0 bridgehead atoms. The van der Waals surface area contributed by atoms with Crippen LogP contribution in [0.1, 0.15) is 25.8 Å². The Balaban J connectivity index is 2.37. The quantitative estimate of drug-likeness (QED) is 0.761. The first kappa shape index (κ1) is 11.0. The van der Waals surface area contributed by atoms with Crippen LogP contribution in [0.5, 0.6) is 0 Å². The van der Waals surface area contributed by atoms with Gasteiger partial charge in [0.15, 0.2) is 0 Å². The van der Waals surface area contributed by atoms with Gasteiger partial charge in [-0.2, -0.15) is 0 Å². The molecule has 0 fully saturated rings. The van der Waals surface area contributed by atoms with Gasteiger partial charge in [-0.15, -0.1) is 0 Å². The molecular formula is C13H18N2O. The lowest BCUT2D eigenvalue weighted by atomic mass is 9.86. The summed E-state index contributed by atoms with van der Waals surface area (Å²) >= 11 is 0. The highest BCUT2D eigenvalue weighted by atomic mass is 16.2. The van der Waals surface area contributed by atoms with Gasteiger partial charge >= 0.3 is 0 Å². The lowest BCUT2D eigenvalue weighted by Crippen LogP contribution is -2.36. The summed E-state index contributed by atoms with van der Waals surface area (Å²) in [7, 11) is 0. The zero-order valence-corrected chi connectivity index (χ0v) is 10.1. The maximum Gasteiger partial charge on any atom is 0.232 e. The van der Waals surface area contributed by atoms with Gasteiger partial charge < -0.3 is 10.6 Å². The van der Waals surface area contributed by atoms with E-state index in [-0.39, 0.29) is 11.3 Å². The van der Waals surface area contributed by atoms with Gasteiger partial charge in [-0.1, -0.05) is 13.0 Å². The van der Waals surface area contributed by atoms with Crippen LogP contribution in [-0.4, -0.2) is 12.5 Å². The molecule has 1 atom stereocenters. The summed E-state index contributed by atoms with van der Waals surface area (Å²) in [6.45, 7) is 6.75. The zero-order valence-electron chi connectivity index (χ0n) is 10.1. The second-order valence-electron chi connectivity index (χ2n) is 4.77. The second kappa shape index (κ2) is 3.81. The van der Waals surface area contributed by atoms with Crippen LogP contribution in [0.25, 0.3) is 0 Å². The summed E-state index contributed by atoms with van der Waals surface area (Å²) in [6.07, 6.45) is 0.832. The Labute approximate surface area is 96.2 Å². The van der Waals surface area contributed by atoms with Gasteiger partial charge in [0.2, 0.25) is 5.91 Å². The molecule has 3 nitrogen and oxygen atoms in total. The molecule has 2 rings (SSSR count). The van der Waals surface area contributed by atoms with Crippen molar-refractivity contribution in [1.29, 1.82) is 0 Å². The van der Waals surface area contributed by atoms with E-state index in [0.29, 0.717) is 6.54 Å². The molecular weight excluding hydrogens is 200 g/mol. The summed E-state index contributed by atoms with van der Waals surface area (Å²) in [5, 5.41) is 6.34. The number of hydrogen-bond donors (Lipinski definition) is 2. The predicted octanol–water partition coefficient (Wildman–Crippen LogP) is 2.78. The first-order chi connectivity index (χ1) is 7.55. The number of fused-ring (bicyclic) bond motifs is 1. The van der Waals surface area contributed by atoms with E-state index in [1.165, 1.54) is 0 Å². The molecule has 1 aliphatic heterocycles. The summed E-state index contributed by atoms with van der Waals surface area (Å²) in [5.74, 6) is 0.104. The third-order valence-electron chi connectivity index (χ3n) is 3.42. The maximum absolute atomic E-state index is 12.1. The zero-order chi connectivity index (χ0) is 11.8. The molecule has 0 saturated heterocycles. The average Bonchev–Trinajstić information content (AvgIpc) is 2.38. The highest BCUT2D eigenvalue weighted by Crippen LogP contribution is 2.32. The average molecular weight is 218 g/mol. The number of carbonyl (C=O) groups excluding carboxylic acids is 1. The fraction of sp³-hybridized carbons (Fsp3) is 0.462. The van der Waals surface area contributed by atoms with Gasteiger partial charge in [-0.05, 0) is 38.0 Å². The molecule has 0 radical (unpaired) electrons. The minimum Gasteiger partial charge on any atom is -0.382 e. The molecule has 0 saturated carbocycles. The van der Waals surface area contributed by atoms with Crippen molar-refractivity contribution in [1.82, 2.24) is 0 Å². The largest absolute Gasteiger partial charge is 0.382 e. The molecule has 86 valence electrons. The van der Waals surface area contributed by atoms with Crippen molar-refractivity contribution in [3.63, 3.8) is 0 Å². The van der Waals surface area contributed by atoms with E-state index in [2.05, 4.69) is 10.6 Å². The van der Waals surface area contributed by atoms with Crippen molar-refractivity contribution in [3.05, 3.63) is 23.8 Å². The Kier molecular flexibility index (Phi) is 2.62. The number of carbonyl (C=O) groups is 1. The number of aryl methyl sites for hydroxylation is 1. The van der Waals surface area contributed by atoms with Gasteiger partial charge in [-0.25, -0.2) is 0 Å². The minimum absolute atomic E-state index is 0.104. The van der Waals surface area contributed by atoms with E-state index in [4.69, 9.17) is 0 Å². The molecule has 1 aromatic carbocycles. The van der Waals surface area contributed by atoms with E-state index < -0.39 is 0 Å². The lowest BCUT2D eigenvalue weighted by Gasteiger charge is -2.23. The van der Waals surface area contributed by atoms with Crippen LogP contribution in [0.15, 0.2) is 18.2 Å². The van der Waals surface area contributed by atoms with E-state index in [0.717, 1.165) is 23.4 Å². The molecule has 16 heavy (non-hydrogen) atoms. The molecule has 0 spiro atoms. The number of rotatable bonds is 1. The molecule has 1 unspecified atom stereocenters. The van der Waals surface area contributed by atoms with Crippen LogP contribution in [0.2, 0.25) is 0 Å². The molecule has 0 aliphatic carbocycles. The van der Waals surface area contributed by atoms with Crippen LogP contribution >= 0.6 is 0 Å². The van der Waals surface area contributed by atoms with Gasteiger partial charge in [0.25, 0.3) is 0 Å². The second-order valence-corrected chi connectivity index (χ2v) is 4.77. The van der Waals surface area contributed by atoms with E-state index in [9.17, 15) is 4.79 Å². The topological polar surface area (TPSA) is 41.1 Å². The van der Waals surface area contributed by atoms with Crippen molar-refractivity contribution in [2.75, 3.05) is 17.2 Å². The van der Waals surface area contributed by atoms with Crippen LogP contribution in [0.4, 0.5) is 11.4 Å². The standard InChI is InChI=1S/C13H18N2O/c1-4-13(3)8-14-10-6-5-9(2)7-11(10)15-12(13)16/h5-7,14H,4,8H2,1-3H3,(H,15,16). The highest BCUT2D eigenvalue weighted by Gasteiger charge is 2.33. The summed E-state index contributed by atoms with van der Waals surface area (Å²) in [6, 6.07) is 6.07. The van der Waals surface area contributed by atoms with Crippen LogP contribution in [-0.2, 0) is 4.79 Å². The number of amides is 1. The third kappa shape index (κ3) is 1.77. The van der Waals surface area contributed by atoms with Crippen molar-refractivity contribution < 1.29 is 4.79 Å². The van der Waals surface area contributed by atoms with Crippen LogP contribution < -0.4 is 10.6 Å². The number of nitrogens with one attached hydrogen (secondary N) is 2. The maximum atomic E-state index is 12.1. The highest BCUT2D eigenvalue weighted by molar-refractivity contribution is 5.99. The Bertz CT molecular complexity index is 428. The minimum atomic E-state index is -0.326. The predicted molar refractivity (Wildman–Crippen MR) is 66.7 cm³/mol. The molecule has 1 heterocycles. The Morgan fingerprint density at radius 3 is 2.81 bits per heavy atom. The monoisotopic (exact) mass is 218 g/mol. The summed E-state index contributed by atoms with van der Waals surface area (Å²) in [4.78, 5) is 12.1. The summed E-state index contributed by atoms with van der Waals surface area (Å²) < 4.78 is 0. The van der Waals surface area contributed by atoms with E-state index in [1.54, 1.807) is 0 Å². The van der Waals surface area contributed by atoms with Gasteiger partial charge in [0.05, 0.1) is 16.8 Å².